The van der Waals surface area contributed by atoms with Crippen LogP contribution < -0.4 is 0 Å². The van der Waals surface area contributed by atoms with Crippen LogP contribution in [0.3, 0.4) is 0 Å². The van der Waals surface area contributed by atoms with Crippen molar-refractivity contribution in [3.05, 3.63) is 24.3 Å². The maximum Gasteiger partial charge on any atom is 0.334 e. The summed E-state index contributed by atoms with van der Waals surface area (Å²) in [6.07, 6.45) is 0.261. The average molecular weight is 378 g/mol. The van der Waals surface area contributed by atoms with Gasteiger partial charge in [-0.3, -0.25) is 14.4 Å². The summed E-state index contributed by atoms with van der Waals surface area (Å²) in [4.78, 5) is 49.9. The molecule has 148 valence electrons. The van der Waals surface area contributed by atoms with Crippen LogP contribution in [0.5, 0.6) is 0 Å². The van der Waals surface area contributed by atoms with Gasteiger partial charge in [-0.05, 0) is 19.4 Å². The van der Waals surface area contributed by atoms with E-state index in [9.17, 15) is 24.3 Å². The molecule has 1 saturated carbocycles. The van der Waals surface area contributed by atoms with Gasteiger partial charge in [0, 0.05) is 17.9 Å². The highest BCUT2D eigenvalue weighted by Crippen LogP contribution is 2.43. The Labute approximate surface area is 158 Å². The average Bonchev–Trinajstić information content (AvgIpc) is 2.87. The van der Waals surface area contributed by atoms with Crippen molar-refractivity contribution >= 4 is 23.5 Å². The lowest BCUT2D eigenvalue weighted by molar-refractivity contribution is -0.197. The fourth-order valence-electron chi connectivity index (χ4n) is 3.48. The number of aliphatic hydroxyl groups is 1. The number of ketones is 2. The van der Waals surface area contributed by atoms with E-state index in [0.717, 1.165) is 6.08 Å². The van der Waals surface area contributed by atoms with E-state index >= 15 is 0 Å². The Hall–Kier alpha value is -2.28. The Kier molecular flexibility index (Phi) is 6.04. The van der Waals surface area contributed by atoms with E-state index in [-0.39, 0.29) is 12.0 Å². The fourth-order valence-corrected chi connectivity index (χ4v) is 3.48. The summed E-state index contributed by atoms with van der Waals surface area (Å²) in [7, 11) is 0. The Bertz CT molecular complexity index is 707. The first-order valence-electron chi connectivity index (χ1n) is 9.11. The summed E-state index contributed by atoms with van der Waals surface area (Å²) in [5.41, 5.74) is -2.26. The lowest BCUT2D eigenvalue weighted by atomic mass is 9.77. The van der Waals surface area contributed by atoms with Crippen molar-refractivity contribution in [2.75, 3.05) is 0 Å². The van der Waals surface area contributed by atoms with Crippen LogP contribution in [0.25, 0.3) is 0 Å². The van der Waals surface area contributed by atoms with Gasteiger partial charge >= 0.3 is 11.9 Å². The minimum Gasteiger partial charge on any atom is -0.455 e. The molecular formula is C20H26O7. The molecule has 0 radical (unpaired) electrons. The fraction of sp³-hybridized carbons (Fsp3) is 0.600. The second kappa shape index (κ2) is 7.76. The van der Waals surface area contributed by atoms with Gasteiger partial charge in [0.15, 0.2) is 17.5 Å². The first-order valence-corrected chi connectivity index (χ1v) is 9.11. The molecule has 0 aromatic heterocycles. The number of hydrogen-bond donors (Lipinski definition) is 1. The van der Waals surface area contributed by atoms with E-state index in [0.29, 0.717) is 6.42 Å². The molecule has 0 amide bonds. The molecule has 0 aromatic rings. The number of rotatable bonds is 5. The monoisotopic (exact) mass is 378 g/mol. The predicted octanol–water partition coefficient (Wildman–Crippen LogP) is 1.53. The Balaban J connectivity index is 2.59. The molecular weight excluding hydrogens is 352 g/mol. The van der Waals surface area contributed by atoms with Gasteiger partial charge in [-0.15, -0.1) is 0 Å². The van der Waals surface area contributed by atoms with Crippen LogP contribution >= 0.6 is 0 Å². The Morgan fingerprint density at radius 1 is 1.44 bits per heavy atom. The number of carbonyl (C=O) groups is 4. The molecule has 2 fully saturated rings. The van der Waals surface area contributed by atoms with Crippen LogP contribution in [0.2, 0.25) is 0 Å². The number of ether oxygens (including phenoxy) is 2. The number of allylic oxidation sites excluding steroid dienone is 1. The van der Waals surface area contributed by atoms with E-state index in [4.69, 9.17) is 9.47 Å². The third-order valence-corrected chi connectivity index (χ3v) is 5.62. The highest BCUT2D eigenvalue weighted by Gasteiger charge is 2.62. The summed E-state index contributed by atoms with van der Waals surface area (Å²) in [6, 6.07) is 0. The van der Waals surface area contributed by atoms with Crippen LogP contribution in [-0.4, -0.2) is 46.4 Å². The topological polar surface area (TPSA) is 107 Å². The van der Waals surface area contributed by atoms with Crippen molar-refractivity contribution in [3.8, 4) is 0 Å². The van der Waals surface area contributed by atoms with E-state index in [1.165, 1.54) is 13.0 Å². The minimum absolute atomic E-state index is 0.0767. The molecule has 1 aliphatic carbocycles. The standard InChI is InChI=1S/C20H26O7/c1-6-8-15(22)20(25)12(5)14(21)9-13-11(4)19(24)26-16(13)17(20)27-18(23)10(3)7-2/h6,8,10,12-13,16-17,25H,4,7,9H2,1-3,5H3/b8-6-/t10?,12-,13+,16+,17-,20+/m0/s1. The van der Waals surface area contributed by atoms with Gasteiger partial charge in [0.05, 0.1) is 11.8 Å². The molecule has 1 N–H and O–H groups in total. The number of hydrogen-bond acceptors (Lipinski definition) is 7. The molecule has 7 heteroatoms. The van der Waals surface area contributed by atoms with Gasteiger partial charge in [-0.1, -0.05) is 33.4 Å². The van der Waals surface area contributed by atoms with Gasteiger partial charge in [-0.2, -0.15) is 0 Å². The molecule has 0 spiro atoms. The van der Waals surface area contributed by atoms with Crippen molar-refractivity contribution < 1.29 is 33.8 Å². The number of Topliss-reactive ketones (excluding diaryl/α,β-unsaturated/α-hetero) is 1. The highest BCUT2D eigenvalue weighted by atomic mass is 16.6. The highest BCUT2D eigenvalue weighted by molar-refractivity contribution is 6.03. The second-order valence-electron chi connectivity index (χ2n) is 7.25. The van der Waals surface area contributed by atoms with Crippen LogP contribution in [0, 0.1) is 17.8 Å². The molecule has 27 heavy (non-hydrogen) atoms. The van der Waals surface area contributed by atoms with E-state index in [1.807, 2.05) is 0 Å². The molecule has 1 unspecified atom stereocenters. The Morgan fingerprint density at radius 3 is 2.63 bits per heavy atom. The molecule has 2 aliphatic rings. The van der Waals surface area contributed by atoms with Crippen LogP contribution in [0.4, 0.5) is 0 Å². The zero-order valence-corrected chi connectivity index (χ0v) is 16.1. The normalized spacial score (nSPS) is 34.8. The lowest BCUT2D eigenvalue weighted by Crippen LogP contribution is -2.60. The van der Waals surface area contributed by atoms with Gasteiger partial charge in [-0.25, -0.2) is 4.79 Å². The third kappa shape index (κ3) is 3.48. The van der Waals surface area contributed by atoms with E-state index in [2.05, 4.69) is 6.58 Å². The largest absolute Gasteiger partial charge is 0.455 e. The molecule has 7 nitrogen and oxygen atoms in total. The lowest BCUT2D eigenvalue weighted by Gasteiger charge is -2.38. The SMILES string of the molecule is C=C1C(=O)O[C@@H]2[C@@H]1CC(=O)[C@H](C)[C@@](O)(C(=O)/C=C\C)[C@H]2OC(=O)C(C)CC. The zero-order valence-electron chi connectivity index (χ0n) is 16.1. The number of carbonyl (C=O) groups excluding carboxylic acids is 4. The maximum absolute atomic E-state index is 12.8. The smallest absolute Gasteiger partial charge is 0.334 e. The van der Waals surface area contributed by atoms with Crippen molar-refractivity contribution in [1.29, 1.82) is 0 Å². The number of esters is 2. The summed E-state index contributed by atoms with van der Waals surface area (Å²) >= 11 is 0. The quantitative estimate of drug-likeness (QED) is 0.571. The van der Waals surface area contributed by atoms with Crippen LogP contribution in [-0.2, 0) is 28.7 Å². The Morgan fingerprint density at radius 2 is 2.07 bits per heavy atom. The summed E-state index contributed by atoms with van der Waals surface area (Å²) in [5.74, 6) is -4.95. The number of fused-ring (bicyclic) bond motifs is 1. The van der Waals surface area contributed by atoms with Crippen LogP contribution in [0.1, 0.15) is 40.5 Å². The van der Waals surface area contributed by atoms with Crippen molar-refractivity contribution in [3.63, 3.8) is 0 Å². The molecule has 6 atom stereocenters. The summed E-state index contributed by atoms with van der Waals surface area (Å²) in [5, 5.41) is 11.4. The first kappa shape index (κ1) is 21.0. The molecule has 1 aliphatic heterocycles. The maximum atomic E-state index is 12.8. The molecule has 1 saturated heterocycles. The van der Waals surface area contributed by atoms with Gasteiger partial charge in [0.25, 0.3) is 0 Å². The van der Waals surface area contributed by atoms with Crippen molar-refractivity contribution in [2.45, 2.75) is 58.3 Å². The van der Waals surface area contributed by atoms with Gasteiger partial charge < -0.3 is 14.6 Å². The van der Waals surface area contributed by atoms with Crippen LogP contribution in [0.15, 0.2) is 24.3 Å². The summed E-state index contributed by atoms with van der Waals surface area (Å²) < 4.78 is 10.8. The van der Waals surface area contributed by atoms with Gasteiger partial charge in [0.1, 0.15) is 11.9 Å². The molecule has 0 aromatic carbocycles. The predicted molar refractivity (Wildman–Crippen MR) is 95.4 cm³/mol. The van der Waals surface area contributed by atoms with E-state index in [1.54, 1.807) is 20.8 Å². The van der Waals surface area contributed by atoms with Crippen molar-refractivity contribution in [1.82, 2.24) is 0 Å². The molecule has 1 heterocycles. The minimum atomic E-state index is -2.34. The molecule has 0 bridgehead atoms. The zero-order chi connectivity index (χ0) is 20.5. The first-order chi connectivity index (χ1) is 12.6. The summed E-state index contributed by atoms with van der Waals surface area (Å²) in [6.45, 7) is 10.1. The van der Waals surface area contributed by atoms with Gasteiger partial charge in [0.2, 0.25) is 0 Å². The van der Waals surface area contributed by atoms with E-state index < -0.39 is 59.1 Å². The third-order valence-electron chi connectivity index (χ3n) is 5.62. The second-order valence-corrected chi connectivity index (χ2v) is 7.25. The van der Waals surface area contributed by atoms with Crippen molar-refractivity contribution in [2.24, 2.45) is 17.8 Å². The molecule has 2 rings (SSSR count).